The van der Waals surface area contributed by atoms with Crippen molar-refractivity contribution in [2.24, 2.45) is 0 Å². The lowest BCUT2D eigenvalue weighted by Gasteiger charge is -2.35. The van der Waals surface area contributed by atoms with Gasteiger partial charge in [0.25, 0.3) is 5.91 Å². The number of halogens is 1. The number of nitrogens with one attached hydrogen (secondary N) is 1. The number of hydrogen-bond acceptors (Lipinski definition) is 6. The second kappa shape index (κ2) is 13.3. The lowest BCUT2D eigenvalue weighted by molar-refractivity contribution is -0.149. The van der Waals surface area contributed by atoms with Crippen LogP contribution in [0.5, 0.6) is 5.75 Å². The third-order valence-corrected chi connectivity index (χ3v) is 7.72. The topological polar surface area (TPSA) is 80.8 Å². The molecule has 0 atom stereocenters. The first-order chi connectivity index (χ1) is 19.2. The molecular weight excluding hydrogens is 526 g/mol. The van der Waals surface area contributed by atoms with E-state index in [0.717, 1.165) is 54.5 Å². The van der Waals surface area contributed by atoms with Gasteiger partial charge in [0.15, 0.2) is 0 Å². The van der Waals surface area contributed by atoms with E-state index in [0.29, 0.717) is 35.9 Å². The highest BCUT2D eigenvalue weighted by molar-refractivity contribution is 6.32. The SMILES string of the molecule is COC(=O)C1(NC(=O)c2ccc(-c3ccccc3C)c(-c3ccc(Cl)c(OCCCN(C)C)c3)n2)CCCCC1. The first-order valence-corrected chi connectivity index (χ1v) is 14.2. The van der Waals surface area contributed by atoms with Gasteiger partial charge in [0.2, 0.25) is 0 Å². The maximum Gasteiger partial charge on any atom is 0.331 e. The number of benzene rings is 2. The van der Waals surface area contributed by atoms with Crippen molar-refractivity contribution < 1.29 is 19.1 Å². The molecule has 7 nitrogen and oxygen atoms in total. The highest BCUT2D eigenvalue weighted by Gasteiger charge is 2.42. The Morgan fingerprint density at radius 3 is 2.48 bits per heavy atom. The van der Waals surface area contributed by atoms with Crippen LogP contribution in [0.3, 0.4) is 0 Å². The van der Waals surface area contributed by atoms with E-state index in [1.807, 2.05) is 63.5 Å². The summed E-state index contributed by atoms with van der Waals surface area (Å²) in [4.78, 5) is 33.3. The van der Waals surface area contributed by atoms with Gasteiger partial charge in [0.05, 0.1) is 24.4 Å². The minimum absolute atomic E-state index is 0.226. The van der Waals surface area contributed by atoms with Gasteiger partial charge in [-0.05, 0) is 75.7 Å². The predicted octanol–water partition coefficient (Wildman–Crippen LogP) is 6.31. The van der Waals surface area contributed by atoms with Gasteiger partial charge in [0, 0.05) is 17.7 Å². The fraction of sp³-hybridized carbons (Fsp3) is 0.406. The molecule has 0 spiro atoms. The van der Waals surface area contributed by atoms with Crippen LogP contribution in [0.2, 0.25) is 5.02 Å². The van der Waals surface area contributed by atoms with E-state index in [2.05, 4.69) is 10.2 Å². The molecule has 1 N–H and O–H groups in total. The Bertz CT molecular complexity index is 1350. The summed E-state index contributed by atoms with van der Waals surface area (Å²) in [5.41, 5.74) is 3.59. The van der Waals surface area contributed by atoms with Crippen molar-refractivity contribution in [3.63, 3.8) is 0 Å². The van der Waals surface area contributed by atoms with Crippen LogP contribution in [0.25, 0.3) is 22.4 Å². The van der Waals surface area contributed by atoms with Crippen LogP contribution in [0.4, 0.5) is 0 Å². The van der Waals surface area contributed by atoms with Gasteiger partial charge < -0.3 is 19.7 Å². The Morgan fingerprint density at radius 2 is 1.77 bits per heavy atom. The number of nitrogens with zero attached hydrogens (tertiary/aromatic N) is 2. The normalized spacial score (nSPS) is 14.6. The first kappa shape index (κ1) is 29.6. The van der Waals surface area contributed by atoms with Crippen LogP contribution in [-0.4, -0.2) is 61.7 Å². The Morgan fingerprint density at radius 1 is 1.02 bits per heavy atom. The molecule has 2 aromatic carbocycles. The maximum atomic E-state index is 13.6. The van der Waals surface area contributed by atoms with Gasteiger partial charge in [-0.15, -0.1) is 0 Å². The summed E-state index contributed by atoms with van der Waals surface area (Å²) in [5.74, 6) is -0.248. The van der Waals surface area contributed by atoms with Crippen molar-refractivity contribution in [1.29, 1.82) is 0 Å². The van der Waals surface area contributed by atoms with Crippen LogP contribution in [0.1, 0.15) is 54.6 Å². The van der Waals surface area contributed by atoms with Gasteiger partial charge in [-0.2, -0.15) is 0 Å². The van der Waals surface area contributed by atoms with Crippen molar-refractivity contribution >= 4 is 23.5 Å². The molecule has 1 aliphatic rings. The van der Waals surface area contributed by atoms with E-state index in [9.17, 15) is 9.59 Å². The molecular formula is C32H38ClN3O4. The molecule has 0 radical (unpaired) electrons. The summed E-state index contributed by atoms with van der Waals surface area (Å²) < 4.78 is 11.1. The van der Waals surface area contributed by atoms with Crippen molar-refractivity contribution in [2.45, 2.75) is 51.0 Å². The molecule has 1 fully saturated rings. The van der Waals surface area contributed by atoms with Crippen molar-refractivity contribution in [3.05, 3.63) is 70.9 Å². The zero-order valence-electron chi connectivity index (χ0n) is 23.8. The van der Waals surface area contributed by atoms with Crippen molar-refractivity contribution in [3.8, 4) is 28.1 Å². The van der Waals surface area contributed by atoms with Gasteiger partial charge >= 0.3 is 5.97 Å². The van der Waals surface area contributed by atoms with Crippen LogP contribution >= 0.6 is 11.6 Å². The van der Waals surface area contributed by atoms with Crippen LogP contribution in [0, 0.1) is 6.92 Å². The molecule has 1 aromatic heterocycles. The van der Waals surface area contributed by atoms with E-state index in [1.165, 1.54) is 7.11 Å². The molecule has 0 saturated heterocycles. The van der Waals surface area contributed by atoms with E-state index in [4.69, 9.17) is 26.1 Å². The van der Waals surface area contributed by atoms with Gasteiger partial charge in [-0.3, -0.25) is 4.79 Å². The van der Waals surface area contributed by atoms with Gasteiger partial charge in [-0.25, -0.2) is 9.78 Å². The largest absolute Gasteiger partial charge is 0.492 e. The summed E-state index contributed by atoms with van der Waals surface area (Å²) in [6, 6.07) is 17.2. The zero-order valence-corrected chi connectivity index (χ0v) is 24.5. The number of hydrogen-bond donors (Lipinski definition) is 1. The predicted molar refractivity (Wildman–Crippen MR) is 159 cm³/mol. The molecule has 4 rings (SSSR count). The number of ether oxygens (including phenoxy) is 2. The van der Waals surface area contributed by atoms with Gasteiger partial charge in [-0.1, -0.05) is 61.2 Å². The Kier molecular flexibility index (Phi) is 9.82. The zero-order chi connectivity index (χ0) is 28.7. The second-order valence-electron chi connectivity index (χ2n) is 10.6. The number of carbonyl (C=O) groups excluding carboxylic acids is 2. The van der Waals surface area contributed by atoms with E-state index in [-0.39, 0.29) is 5.69 Å². The molecule has 1 aliphatic carbocycles. The Balaban J connectivity index is 1.73. The molecule has 0 bridgehead atoms. The Labute approximate surface area is 241 Å². The number of methoxy groups -OCH3 is 1. The number of aryl methyl sites for hydroxylation is 1. The molecule has 1 heterocycles. The molecule has 40 heavy (non-hydrogen) atoms. The fourth-order valence-corrected chi connectivity index (χ4v) is 5.41. The molecule has 1 amide bonds. The molecule has 0 aliphatic heterocycles. The lowest BCUT2D eigenvalue weighted by Crippen LogP contribution is -2.56. The quantitative estimate of drug-likeness (QED) is 0.230. The minimum atomic E-state index is -1.03. The number of pyridine rings is 1. The average Bonchev–Trinajstić information content (AvgIpc) is 2.96. The van der Waals surface area contributed by atoms with Crippen LogP contribution in [-0.2, 0) is 9.53 Å². The highest BCUT2D eigenvalue weighted by atomic mass is 35.5. The number of rotatable bonds is 10. The molecule has 1 saturated carbocycles. The third-order valence-electron chi connectivity index (χ3n) is 7.41. The number of esters is 1. The summed E-state index contributed by atoms with van der Waals surface area (Å²) in [7, 11) is 5.41. The number of carbonyl (C=O) groups is 2. The van der Waals surface area contributed by atoms with Crippen molar-refractivity contribution in [1.82, 2.24) is 15.2 Å². The monoisotopic (exact) mass is 563 g/mol. The van der Waals surface area contributed by atoms with E-state index >= 15 is 0 Å². The molecule has 0 unspecified atom stereocenters. The summed E-state index contributed by atoms with van der Waals surface area (Å²) in [5, 5.41) is 3.50. The molecule has 212 valence electrons. The minimum Gasteiger partial charge on any atom is -0.492 e. The maximum absolute atomic E-state index is 13.6. The highest BCUT2D eigenvalue weighted by Crippen LogP contribution is 2.37. The molecule has 8 heteroatoms. The van der Waals surface area contributed by atoms with E-state index < -0.39 is 17.4 Å². The molecule has 3 aromatic rings. The second-order valence-corrected chi connectivity index (χ2v) is 11.1. The van der Waals surface area contributed by atoms with Gasteiger partial charge in [0.1, 0.15) is 17.0 Å². The Hall–Kier alpha value is -3.42. The average molecular weight is 564 g/mol. The third kappa shape index (κ3) is 6.83. The van der Waals surface area contributed by atoms with Crippen LogP contribution in [0.15, 0.2) is 54.6 Å². The van der Waals surface area contributed by atoms with E-state index in [1.54, 1.807) is 12.1 Å². The van der Waals surface area contributed by atoms with Crippen LogP contribution < -0.4 is 10.1 Å². The first-order valence-electron chi connectivity index (χ1n) is 13.8. The standard InChI is InChI=1S/C32H38ClN3O4/c1-22-11-6-7-12-24(22)25-14-16-27(30(37)35-32(31(38)39-4)17-8-5-9-18-32)34-29(25)23-13-15-26(33)28(21-23)40-20-10-19-36(2)3/h6-7,11-16,21H,5,8-10,17-20H2,1-4H3,(H,35,37). The summed E-state index contributed by atoms with van der Waals surface area (Å²) in [6.07, 6.45) is 4.68. The summed E-state index contributed by atoms with van der Waals surface area (Å²) >= 11 is 6.49. The lowest BCUT2D eigenvalue weighted by atomic mass is 9.81. The smallest absolute Gasteiger partial charge is 0.331 e. The fourth-order valence-electron chi connectivity index (χ4n) is 5.23. The number of amides is 1. The number of aromatic nitrogens is 1. The van der Waals surface area contributed by atoms with Crippen molar-refractivity contribution in [2.75, 3.05) is 34.4 Å². The summed E-state index contributed by atoms with van der Waals surface area (Å²) in [6.45, 7) is 3.47.